The van der Waals surface area contributed by atoms with E-state index in [-0.39, 0.29) is 24.3 Å². The van der Waals surface area contributed by atoms with Crippen molar-refractivity contribution in [1.29, 1.82) is 0 Å². The second-order valence-electron chi connectivity index (χ2n) is 3.33. The fourth-order valence-corrected chi connectivity index (χ4v) is 1.50. The second-order valence-corrected chi connectivity index (χ2v) is 3.71. The first-order chi connectivity index (χ1) is 7.22. The highest BCUT2D eigenvalue weighted by atomic mass is 35.5. The molecular formula is C9H15ClN2O3. The van der Waals surface area contributed by atoms with Crippen LogP contribution in [0.5, 0.6) is 0 Å². The van der Waals surface area contributed by atoms with Gasteiger partial charge in [-0.1, -0.05) is 0 Å². The number of amides is 3. The number of carbonyl (C=O) groups excluding carboxylic acids is 2. The van der Waals surface area contributed by atoms with Gasteiger partial charge in [-0.05, 0) is 12.8 Å². The van der Waals surface area contributed by atoms with Crippen molar-refractivity contribution in [2.24, 2.45) is 0 Å². The summed E-state index contributed by atoms with van der Waals surface area (Å²) in [5, 5.41) is 4.75. The van der Waals surface area contributed by atoms with E-state index in [0.29, 0.717) is 6.54 Å². The number of halogens is 1. The summed E-state index contributed by atoms with van der Waals surface area (Å²) in [6.45, 7) is 1.19. The molecule has 0 bridgehead atoms. The van der Waals surface area contributed by atoms with Crippen LogP contribution in [0.3, 0.4) is 0 Å². The molecule has 5 nitrogen and oxygen atoms in total. The fourth-order valence-electron chi connectivity index (χ4n) is 1.33. The average Bonchev–Trinajstić information content (AvgIpc) is 2.67. The Kier molecular flexibility index (Phi) is 5.42. The maximum Gasteiger partial charge on any atom is 0.321 e. The van der Waals surface area contributed by atoms with Gasteiger partial charge in [0.15, 0.2) is 0 Å². The number of nitrogens with one attached hydrogen (secondary N) is 2. The molecule has 0 aromatic heterocycles. The van der Waals surface area contributed by atoms with Gasteiger partial charge in [0.05, 0.1) is 6.10 Å². The molecule has 1 saturated heterocycles. The fraction of sp³-hybridized carbons (Fsp3) is 0.778. The third-order valence-electron chi connectivity index (χ3n) is 2.09. The molecule has 1 fully saturated rings. The van der Waals surface area contributed by atoms with E-state index in [4.69, 9.17) is 16.3 Å². The zero-order valence-electron chi connectivity index (χ0n) is 8.42. The lowest BCUT2D eigenvalue weighted by Gasteiger charge is -2.10. The summed E-state index contributed by atoms with van der Waals surface area (Å²) in [7, 11) is 0. The highest BCUT2D eigenvalue weighted by Gasteiger charge is 2.16. The summed E-state index contributed by atoms with van der Waals surface area (Å²) >= 11 is 5.35. The highest BCUT2D eigenvalue weighted by molar-refractivity contribution is 6.19. The van der Waals surface area contributed by atoms with Crippen LogP contribution in [-0.2, 0) is 9.53 Å². The zero-order chi connectivity index (χ0) is 11.1. The first-order valence-corrected chi connectivity index (χ1v) is 5.51. The van der Waals surface area contributed by atoms with Crippen LogP contribution in [0, 0.1) is 0 Å². The zero-order valence-corrected chi connectivity index (χ0v) is 9.18. The number of carbonyl (C=O) groups is 2. The van der Waals surface area contributed by atoms with E-state index in [9.17, 15) is 9.59 Å². The van der Waals surface area contributed by atoms with Crippen LogP contribution in [0.25, 0.3) is 0 Å². The number of hydrogen-bond acceptors (Lipinski definition) is 3. The molecule has 1 aliphatic rings. The SMILES string of the molecule is O=C(CCCl)NC(=O)NCC1CCCO1. The highest BCUT2D eigenvalue weighted by Crippen LogP contribution is 2.10. The molecule has 2 N–H and O–H groups in total. The molecule has 0 saturated carbocycles. The number of rotatable bonds is 4. The number of ether oxygens (including phenoxy) is 1. The van der Waals surface area contributed by atoms with Crippen LogP contribution in [0.4, 0.5) is 4.79 Å². The lowest BCUT2D eigenvalue weighted by Crippen LogP contribution is -2.42. The molecule has 0 spiro atoms. The standard InChI is InChI=1S/C9H15ClN2O3/c10-4-3-8(13)12-9(14)11-6-7-2-1-5-15-7/h7H,1-6H2,(H2,11,12,13,14). The number of hydrogen-bond donors (Lipinski definition) is 2. The lowest BCUT2D eigenvalue weighted by atomic mass is 10.2. The van der Waals surface area contributed by atoms with Crippen LogP contribution >= 0.6 is 11.6 Å². The summed E-state index contributed by atoms with van der Waals surface area (Å²) in [6, 6.07) is -0.486. The van der Waals surface area contributed by atoms with Gasteiger partial charge in [-0.3, -0.25) is 10.1 Å². The van der Waals surface area contributed by atoms with Crippen molar-refractivity contribution >= 4 is 23.5 Å². The van der Waals surface area contributed by atoms with E-state index in [0.717, 1.165) is 19.4 Å². The molecule has 0 radical (unpaired) electrons. The smallest absolute Gasteiger partial charge is 0.321 e. The van der Waals surface area contributed by atoms with E-state index >= 15 is 0 Å². The second kappa shape index (κ2) is 6.63. The normalized spacial score (nSPS) is 19.9. The van der Waals surface area contributed by atoms with E-state index in [1.54, 1.807) is 0 Å². The largest absolute Gasteiger partial charge is 0.376 e. The minimum absolute atomic E-state index is 0.0823. The average molecular weight is 235 g/mol. The van der Waals surface area contributed by atoms with Crippen molar-refractivity contribution in [3.8, 4) is 0 Å². The number of imide groups is 1. The van der Waals surface area contributed by atoms with Crippen molar-refractivity contribution in [3.63, 3.8) is 0 Å². The Hall–Kier alpha value is -0.810. The Bertz CT molecular complexity index is 229. The Morgan fingerprint density at radius 3 is 2.87 bits per heavy atom. The van der Waals surface area contributed by atoms with Crippen LogP contribution in [-0.4, -0.2) is 37.1 Å². The molecule has 1 atom stereocenters. The Balaban J connectivity index is 2.09. The van der Waals surface area contributed by atoms with Crippen LogP contribution in [0.15, 0.2) is 0 Å². The molecule has 1 rings (SSSR count). The van der Waals surface area contributed by atoms with Gasteiger partial charge < -0.3 is 10.1 Å². The molecule has 1 heterocycles. The molecule has 0 aromatic carbocycles. The van der Waals surface area contributed by atoms with Crippen molar-refractivity contribution < 1.29 is 14.3 Å². The van der Waals surface area contributed by atoms with Gasteiger partial charge in [-0.25, -0.2) is 4.79 Å². The van der Waals surface area contributed by atoms with Gasteiger partial charge in [-0.2, -0.15) is 0 Å². The number of urea groups is 1. The van der Waals surface area contributed by atoms with Crippen LogP contribution < -0.4 is 10.6 Å². The minimum Gasteiger partial charge on any atom is -0.376 e. The van der Waals surface area contributed by atoms with Crippen molar-refractivity contribution in [3.05, 3.63) is 0 Å². The summed E-state index contributed by atoms with van der Waals surface area (Å²) in [4.78, 5) is 22.1. The van der Waals surface area contributed by atoms with Crippen molar-refractivity contribution in [2.45, 2.75) is 25.4 Å². The Labute approximate surface area is 93.5 Å². The van der Waals surface area contributed by atoms with Gasteiger partial charge in [-0.15, -0.1) is 11.6 Å². The maximum atomic E-state index is 11.1. The molecule has 0 aromatic rings. The van der Waals surface area contributed by atoms with E-state index in [1.807, 2.05) is 0 Å². The van der Waals surface area contributed by atoms with Gasteiger partial charge in [0.2, 0.25) is 5.91 Å². The van der Waals surface area contributed by atoms with Crippen molar-refractivity contribution in [2.75, 3.05) is 19.0 Å². The molecule has 0 aliphatic carbocycles. The monoisotopic (exact) mass is 234 g/mol. The maximum absolute atomic E-state index is 11.1. The predicted octanol–water partition coefficient (Wildman–Crippen LogP) is 0.620. The first kappa shape index (κ1) is 12.3. The third kappa shape index (κ3) is 4.99. The topological polar surface area (TPSA) is 67.4 Å². The lowest BCUT2D eigenvalue weighted by molar-refractivity contribution is -0.119. The Morgan fingerprint density at radius 1 is 1.47 bits per heavy atom. The quantitative estimate of drug-likeness (QED) is 0.701. The molecule has 3 amide bonds. The van der Waals surface area contributed by atoms with Gasteiger partial charge in [0.1, 0.15) is 0 Å². The van der Waals surface area contributed by atoms with E-state index in [2.05, 4.69) is 10.6 Å². The van der Waals surface area contributed by atoms with E-state index < -0.39 is 6.03 Å². The summed E-state index contributed by atoms with van der Waals surface area (Å²) in [5.74, 6) is -0.153. The molecule has 6 heteroatoms. The summed E-state index contributed by atoms with van der Waals surface area (Å²) in [6.07, 6.45) is 2.21. The molecule has 1 unspecified atom stereocenters. The predicted molar refractivity (Wildman–Crippen MR) is 55.9 cm³/mol. The van der Waals surface area contributed by atoms with Crippen LogP contribution in [0.1, 0.15) is 19.3 Å². The number of alkyl halides is 1. The van der Waals surface area contributed by atoms with E-state index in [1.165, 1.54) is 0 Å². The van der Waals surface area contributed by atoms with Gasteiger partial charge in [0, 0.05) is 25.5 Å². The molecule has 86 valence electrons. The molecule has 1 aliphatic heterocycles. The summed E-state index contributed by atoms with van der Waals surface area (Å²) < 4.78 is 5.31. The molecular weight excluding hydrogens is 220 g/mol. The summed E-state index contributed by atoms with van der Waals surface area (Å²) in [5.41, 5.74) is 0. The minimum atomic E-state index is -0.486. The van der Waals surface area contributed by atoms with Gasteiger partial charge >= 0.3 is 6.03 Å². The third-order valence-corrected chi connectivity index (χ3v) is 2.28. The molecule has 15 heavy (non-hydrogen) atoms. The van der Waals surface area contributed by atoms with Crippen molar-refractivity contribution in [1.82, 2.24) is 10.6 Å². The first-order valence-electron chi connectivity index (χ1n) is 4.97. The van der Waals surface area contributed by atoms with Gasteiger partial charge in [0.25, 0.3) is 0 Å². The Morgan fingerprint density at radius 2 is 2.27 bits per heavy atom. The van der Waals surface area contributed by atoms with Crippen LogP contribution in [0.2, 0.25) is 0 Å².